The van der Waals surface area contributed by atoms with Gasteiger partial charge in [-0.15, -0.1) is 11.3 Å². The maximum atomic E-state index is 4.49. The zero-order chi connectivity index (χ0) is 13.1. The second kappa shape index (κ2) is 6.32. The fraction of sp³-hybridized carbons (Fsp3) is 0.417. The van der Waals surface area contributed by atoms with E-state index in [2.05, 4.69) is 60.6 Å². The van der Waals surface area contributed by atoms with E-state index in [9.17, 15) is 0 Å². The highest BCUT2D eigenvalue weighted by molar-refractivity contribution is 9.10. The summed E-state index contributed by atoms with van der Waals surface area (Å²) in [4.78, 5) is 1.32. The number of nitrogens with zero attached hydrogens (tertiary/aromatic N) is 2. The number of aromatic nitrogens is 2. The quantitative estimate of drug-likeness (QED) is 0.830. The lowest BCUT2D eigenvalue weighted by molar-refractivity contribution is 0.579. The van der Waals surface area contributed by atoms with Crippen molar-refractivity contribution in [3.8, 4) is 0 Å². The van der Waals surface area contributed by atoms with Crippen molar-refractivity contribution in [1.82, 2.24) is 15.1 Å². The van der Waals surface area contributed by atoms with Crippen molar-refractivity contribution in [1.29, 1.82) is 0 Å². The maximum absolute atomic E-state index is 4.49. The molecular weight excluding hydrogens is 378 g/mol. The molecule has 0 saturated carbocycles. The van der Waals surface area contributed by atoms with E-state index < -0.39 is 0 Å². The molecule has 2 aromatic heterocycles. The van der Waals surface area contributed by atoms with Gasteiger partial charge in [0.05, 0.1) is 15.9 Å². The number of nitrogens with one attached hydrogen (secondary N) is 1. The summed E-state index contributed by atoms with van der Waals surface area (Å²) >= 11 is 8.91. The van der Waals surface area contributed by atoms with E-state index in [0.717, 1.165) is 29.8 Å². The molecule has 98 valence electrons. The van der Waals surface area contributed by atoms with E-state index in [0.29, 0.717) is 0 Å². The van der Waals surface area contributed by atoms with Crippen LogP contribution in [-0.2, 0) is 19.6 Å². The molecule has 0 aromatic carbocycles. The Labute approximate surface area is 128 Å². The Balaban J connectivity index is 2.00. The minimum Gasteiger partial charge on any atom is -0.306 e. The molecule has 0 aliphatic heterocycles. The lowest BCUT2D eigenvalue weighted by Gasteiger charge is -2.07. The van der Waals surface area contributed by atoms with Crippen LogP contribution in [0.1, 0.15) is 23.2 Å². The minimum absolute atomic E-state index is 0.819. The molecular formula is C12H15Br2N3S. The Kier molecular flexibility index (Phi) is 5.00. The molecule has 6 heteroatoms. The van der Waals surface area contributed by atoms with Gasteiger partial charge in [-0.25, -0.2) is 0 Å². The predicted molar refractivity (Wildman–Crippen MR) is 82.9 cm³/mol. The first-order chi connectivity index (χ1) is 8.63. The number of hydrogen-bond donors (Lipinski definition) is 1. The highest BCUT2D eigenvalue weighted by Crippen LogP contribution is 2.23. The molecule has 0 unspecified atom stereocenters. The van der Waals surface area contributed by atoms with Gasteiger partial charge in [0.25, 0.3) is 0 Å². The molecule has 1 N–H and O–H groups in total. The molecule has 2 aromatic rings. The van der Waals surface area contributed by atoms with Crippen LogP contribution in [0.25, 0.3) is 0 Å². The summed E-state index contributed by atoms with van der Waals surface area (Å²) in [5, 5.41) is 10.0. The van der Waals surface area contributed by atoms with Crippen molar-refractivity contribution in [2.75, 3.05) is 0 Å². The highest BCUT2D eigenvalue weighted by Gasteiger charge is 2.11. The van der Waals surface area contributed by atoms with Crippen molar-refractivity contribution in [2.24, 2.45) is 0 Å². The maximum Gasteiger partial charge on any atom is 0.0739 e. The summed E-state index contributed by atoms with van der Waals surface area (Å²) in [7, 11) is 0. The van der Waals surface area contributed by atoms with Crippen molar-refractivity contribution in [3.63, 3.8) is 0 Å². The lowest BCUT2D eigenvalue weighted by Crippen LogP contribution is -2.16. The van der Waals surface area contributed by atoms with E-state index in [4.69, 9.17) is 0 Å². The Morgan fingerprint density at radius 2 is 2.17 bits per heavy atom. The van der Waals surface area contributed by atoms with Gasteiger partial charge in [0.2, 0.25) is 0 Å². The van der Waals surface area contributed by atoms with Gasteiger partial charge >= 0.3 is 0 Å². The fourth-order valence-corrected chi connectivity index (χ4v) is 3.67. The van der Waals surface area contributed by atoms with Crippen LogP contribution in [0.5, 0.6) is 0 Å². The van der Waals surface area contributed by atoms with Crippen molar-refractivity contribution < 1.29 is 0 Å². The fourth-order valence-electron chi connectivity index (χ4n) is 1.78. The Morgan fingerprint density at radius 1 is 1.39 bits per heavy atom. The van der Waals surface area contributed by atoms with E-state index in [1.165, 1.54) is 15.0 Å². The van der Waals surface area contributed by atoms with Crippen LogP contribution < -0.4 is 5.32 Å². The van der Waals surface area contributed by atoms with Gasteiger partial charge in [0.15, 0.2) is 0 Å². The Morgan fingerprint density at radius 3 is 2.78 bits per heavy atom. The molecule has 2 rings (SSSR count). The molecule has 3 nitrogen and oxygen atoms in total. The molecule has 0 fully saturated rings. The van der Waals surface area contributed by atoms with E-state index in [1.807, 2.05) is 11.6 Å². The molecule has 18 heavy (non-hydrogen) atoms. The van der Waals surface area contributed by atoms with Gasteiger partial charge in [-0.05, 0) is 57.2 Å². The minimum atomic E-state index is 0.819. The molecule has 0 aliphatic carbocycles. The molecule has 0 atom stereocenters. The third-order valence-corrected chi connectivity index (χ3v) is 5.68. The van der Waals surface area contributed by atoms with Gasteiger partial charge < -0.3 is 5.32 Å². The van der Waals surface area contributed by atoms with Crippen LogP contribution in [0.2, 0.25) is 0 Å². The second-order valence-corrected chi connectivity index (χ2v) is 6.61. The zero-order valence-electron chi connectivity index (χ0n) is 10.3. The highest BCUT2D eigenvalue weighted by atomic mass is 79.9. The third-order valence-electron chi connectivity index (χ3n) is 2.72. The average Bonchev–Trinajstić information content (AvgIpc) is 2.87. The van der Waals surface area contributed by atoms with E-state index >= 15 is 0 Å². The average molecular weight is 393 g/mol. The first-order valence-electron chi connectivity index (χ1n) is 5.77. The SMILES string of the molecule is CCn1nc(C)c(Br)c1CNCc1sccc1Br. The number of halogens is 2. The van der Waals surface area contributed by atoms with Crippen molar-refractivity contribution in [2.45, 2.75) is 33.5 Å². The van der Waals surface area contributed by atoms with Crippen LogP contribution in [-0.4, -0.2) is 9.78 Å². The van der Waals surface area contributed by atoms with Gasteiger partial charge in [-0.1, -0.05) is 0 Å². The smallest absolute Gasteiger partial charge is 0.0739 e. The van der Waals surface area contributed by atoms with Crippen LogP contribution >= 0.6 is 43.2 Å². The summed E-state index contributed by atoms with van der Waals surface area (Å²) < 4.78 is 4.33. The number of rotatable bonds is 5. The monoisotopic (exact) mass is 391 g/mol. The summed E-state index contributed by atoms with van der Waals surface area (Å²) in [6.45, 7) is 6.72. The van der Waals surface area contributed by atoms with Gasteiger partial charge in [-0.3, -0.25) is 4.68 Å². The number of aryl methyl sites for hydroxylation is 2. The molecule has 2 heterocycles. The molecule has 0 aliphatic rings. The summed E-state index contributed by atoms with van der Waals surface area (Å²) in [5.74, 6) is 0. The summed E-state index contributed by atoms with van der Waals surface area (Å²) in [6, 6.07) is 2.08. The number of thiophene rings is 1. The zero-order valence-corrected chi connectivity index (χ0v) is 14.3. The van der Waals surface area contributed by atoms with Crippen LogP contribution in [0.15, 0.2) is 20.4 Å². The predicted octanol–water partition coefficient (Wildman–Crippen LogP) is 4.09. The van der Waals surface area contributed by atoms with Crippen LogP contribution in [0.4, 0.5) is 0 Å². The Bertz CT molecular complexity index is 533. The normalized spacial score (nSPS) is 11.1. The summed E-state index contributed by atoms with van der Waals surface area (Å²) in [6.07, 6.45) is 0. The van der Waals surface area contributed by atoms with Gasteiger partial charge in [0.1, 0.15) is 0 Å². The Hall–Kier alpha value is -0.170. The number of hydrogen-bond acceptors (Lipinski definition) is 3. The topological polar surface area (TPSA) is 29.9 Å². The van der Waals surface area contributed by atoms with Gasteiger partial charge in [-0.2, -0.15) is 5.10 Å². The van der Waals surface area contributed by atoms with E-state index in [1.54, 1.807) is 11.3 Å². The van der Waals surface area contributed by atoms with E-state index in [-0.39, 0.29) is 0 Å². The molecule has 0 saturated heterocycles. The molecule has 0 amide bonds. The van der Waals surface area contributed by atoms with Crippen LogP contribution in [0.3, 0.4) is 0 Å². The first-order valence-corrected chi connectivity index (χ1v) is 8.24. The standard InChI is InChI=1S/C12H15Br2N3S/c1-3-17-10(12(14)8(2)16-17)6-15-7-11-9(13)4-5-18-11/h4-5,15H,3,6-7H2,1-2H3. The lowest BCUT2D eigenvalue weighted by atomic mass is 10.3. The first kappa shape index (κ1) is 14.2. The third kappa shape index (κ3) is 3.04. The molecule has 0 radical (unpaired) electrons. The van der Waals surface area contributed by atoms with Crippen molar-refractivity contribution in [3.05, 3.63) is 36.7 Å². The molecule has 0 spiro atoms. The largest absolute Gasteiger partial charge is 0.306 e. The van der Waals surface area contributed by atoms with Gasteiger partial charge in [0, 0.05) is 29.0 Å². The van der Waals surface area contributed by atoms with Crippen molar-refractivity contribution >= 4 is 43.2 Å². The summed E-state index contributed by atoms with van der Waals surface area (Å²) in [5.41, 5.74) is 2.26. The van der Waals surface area contributed by atoms with Crippen LogP contribution in [0, 0.1) is 6.92 Å². The second-order valence-electron chi connectivity index (χ2n) is 3.96. The molecule has 0 bridgehead atoms.